The van der Waals surface area contributed by atoms with Crippen LogP contribution in [-0.2, 0) is 4.79 Å². The van der Waals surface area contributed by atoms with Crippen LogP contribution in [0.2, 0.25) is 0 Å². The molecule has 0 bridgehead atoms. The van der Waals surface area contributed by atoms with Crippen molar-refractivity contribution in [3.05, 3.63) is 0 Å². The fraction of sp³-hybridized carbons (Fsp3) is 0.846. The molecule has 1 fully saturated rings. The van der Waals surface area contributed by atoms with Crippen molar-refractivity contribution in [2.24, 2.45) is 11.3 Å². The summed E-state index contributed by atoms with van der Waals surface area (Å²) in [7, 11) is 0. The van der Waals surface area contributed by atoms with E-state index in [9.17, 15) is 4.79 Å². The van der Waals surface area contributed by atoms with Crippen molar-refractivity contribution in [2.45, 2.75) is 40.0 Å². The van der Waals surface area contributed by atoms with Crippen molar-refractivity contribution in [3.8, 4) is 6.07 Å². The highest BCUT2D eigenvalue weighted by molar-refractivity contribution is 5.78. The topological polar surface area (TPSA) is 44.1 Å². The summed E-state index contributed by atoms with van der Waals surface area (Å²) >= 11 is 0. The molecule has 16 heavy (non-hydrogen) atoms. The van der Waals surface area contributed by atoms with Gasteiger partial charge in [-0.1, -0.05) is 0 Å². The minimum atomic E-state index is -0.247. The van der Waals surface area contributed by atoms with Gasteiger partial charge in [0.05, 0.1) is 11.5 Å². The van der Waals surface area contributed by atoms with Gasteiger partial charge in [0.25, 0.3) is 0 Å². The van der Waals surface area contributed by atoms with Gasteiger partial charge in [0, 0.05) is 12.5 Å². The number of carbonyl (C=O) groups is 1. The SMILES string of the molecule is CC(=O)C1CCCN(CCC(C)(C)C#N)C1. The van der Waals surface area contributed by atoms with E-state index in [0.717, 1.165) is 38.9 Å². The number of Topliss-reactive ketones (excluding diaryl/α,β-unsaturated/α-hetero) is 1. The summed E-state index contributed by atoms with van der Waals surface area (Å²) in [4.78, 5) is 13.7. The van der Waals surface area contributed by atoms with Gasteiger partial charge >= 0.3 is 0 Å². The monoisotopic (exact) mass is 222 g/mol. The third kappa shape index (κ3) is 3.94. The summed E-state index contributed by atoms with van der Waals surface area (Å²) in [6.07, 6.45) is 3.03. The van der Waals surface area contributed by atoms with E-state index in [1.54, 1.807) is 6.92 Å². The first-order chi connectivity index (χ1) is 7.44. The highest BCUT2D eigenvalue weighted by Gasteiger charge is 2.25. The van der Waals surface area contributed by atoms with Gasteiger partial charge in [0.15, 0.2) is 0 Å². The van der Waals surface area contributed by atoms with Gasteiger partial charge in [0.2, 0.25) is 0 Å². The Labute approximate surface area is 98.4 Å². The lowest BCUT2D eigenvalue weighted by atomic mass is 9.89. The van der Waals surface area contributed by atoms with E-state index >= 15 is 0 Å². The Morgan fingerprint density at radius 3 is 2.81 bits per heavy atom. The Morgan fingerprint density at radius 2 is 2.25 bits per heavy atom. The summed E-state index contributed by atoms with van der Waals surface area (Å²) < 4.78 is 0. The van der Waals surface area contributed by atoms with Crippen LogP contribution in [0.1, 0.15) is 40.0 Å². The molecular formula is C13H22N2O. The summed E-state index contributed by atoms with van der Waals surface area (Å²) in [6.45, 7) is 8.53. The summed E-state index contributed by atoms with van der Waals surface area (Å²) in [5, 5.41) is 8.94. The molecule has 1 rings (SSSR count). The van der Waals surface area contributed by atoms with E-state index in [2.05, 4.69) is 11.0 Å². The van der Waals surface area contributed by atoms with Crippen LogP contribution in [-0.4, -0.2) is 30.3 Å². The molecule has 0 aliphatic carbocycles. The van der Waals surface area contributed by atoms with Crippen LogP contribution in [0.4, 0.5) is 0 Å². The number of nitrogens with zero attached hydrogens (tertiary/aromatic N) is 2. The molecule has 90 valence electrons. The first-order valence-electron chi connectivity index (χ1n) is 6.09. The van der Waals surface area contributed by atoms with Gasteiger partial charge in [-0.15, -0.1) is 0 Å². The summed E-state index contributed by atoms with van der Waals surface area (Å²) in [5.74, 6) is 0.531. The predicted octanol–water partition coefficient (Wildman–Crippen LogP) is 2.23. The Morgan fingerprint density at radius 1 is 1.56 bits per heavy atom. The van der Waals surface area contributed by atoms with Crippen LogP contribution in [0.15, 0.2) is 0 Å². The first-order valence-corrected chi connectivity index (χ1v) is 6.09. The molecule has 0 aromatic rings. The van der Waals surface area contributed by atoms with Crippen LogP contribution in [0.25, 0.3) is 0 Å². The highest BCUT2D eigenvalue weighted by Crippen LogP contribution is 2.22. The fourth-order valence-electron chi connectivity index (χ4n) is 2.08. The minimum Gasteiger partial charge on any atom is -0.303 e. The third-order valence-electron chi connectivity index (χ3n) is 3.44. The van der Waals surface area contributed by atoms with Gasteiger partial charge in [0.1, 0.15) is 5.78 Å². The molecule has 0 N–H and O–H groups in total. The first kappa shape index (κ1) is 13.2. The lowest BCUT2D eigenvalue weighted by molar-refractivity contribution is -0.122. The van der Waals surface area contributed by atoms with Crippen LogP contribution >= 0.6 is 0 Å². The van der Waals surface area contributed by atoms with E-state index in [1.807, 2.05) is 13.8 Å². The molecule has 3 nitrogen and oxygen atoms in total. The van der Waals surface area contributed by atoms with Crippen molar-refractivity contribution in [1.29, 1.82) is 5.26 Å². The zero-order valence-corrected chi connectivity index (χ0v) is 10.6. The number of ketones is 1. The van der Waals surface area contributed by atoms with Crippen LogP contribution in [0.5, 0.6) is 0 Å². The smallest absolute Gasteiger partial charge is 0.134 e. The second kappa shape index (κ2) is 5.45. The van der Waals surface area contributed by atoms with Gasteiger partial charge < -0.3 is 4.90 Å². The molecular weight excluding hydrogens is 200 g/mol. The lowest BCUT2D eigenvalue weighted by Gasteiger charge is -2.32. The van der Waals surface area contributed by atoms with Gasteiger partial charge in [-0.25, -0.2) is 0 Å². The van der Waals surface area contributed by atoms with Crippen molar-refractivity contribution in [1.82, 2.24) is 4.90 Å². The number of hydrogen-bond acceptors (Lipinski definition) is 3. The Kier molecular flexibility index (Phi) is 4.49. The molecule has 0 radical (unpaired) electrons. The van der Waals surface area contributed by atoms with Gasteiger partial charge in [-0.3, -0.25) is 4.79 Å². The van der Waals surface area contributed by atoms with E-state index in [1.165, 1.54) is 0 Å². The maximum Gasteiger partial charge on any atom is 0.134 e. The molecule has 0 spiro atoms. The molecule has 1 aliphatic heterocycles. The number of likely N-dealkylation sites (tertiary alicyclic amines) is 1. The number of carbonyl (C=O) groups excluding carboxylic acids is 1. The molecule has 1 atom stereocenters. The van der Waals surface area contributed by atoms with Crippen molar-refractivity contribution in [2.75, 3.05) is 19.6 Å². The molecule has 1 aliphatic rings. The number of rotatable bonds is 4. The Hall–Kier alpha value is -0.880. The van der Waals surface area contributed by atoms with E-state index in [4.69, 9.17) is 5.26 Å². The van der Waals surface area contributed by atoms with Crippen LogP contribution in [0, 0.1) is 22.7 Å². The highest BCUT2D eigenvalue weighted by atomic mass is 16.1. The molecule has 1 heterocycles. The summed E-state index contributed by atoms with van der Waals surface area (Å²) in [6, 6.07) is 2.32. The van der Waals surface area contributed by atoms with Crippen molar-refractivity contribution < 1.29 is 4.79 Å². The number of piperidine rings is 1. The Bertz CT molecular complexity index is 291. The van der Waals surface area contributed by atoms with E-state index in [-0.39, 0.29) is 11.3 Å². The fourth-order valence-corrected chi connectivity index (χ4v) is 2.08. The van der Waals surface area contributed by atoms with Crippen molar-refractivity contribution in [3.63, 3.8) is 0 Å². The maximum absolute atomic E-state index is 11.3. The normalized spacial score (nSPS) is 22.8. The van der Waals surface area contributed by atoms with Gasteiger partial charge in [-0.2, -0.15) is 5.26 Å². The maximum atomic E-state index is 11.3. The predicted molar refractivity (Wildman–Crippen MR) is 63.9 cm³/mol. The molecule has 1 unspecified atom stereocenters. The minimum absolute atomic E-state index is 0.221. The average Bonchev–Trinajstić information content (AvgIpc) is 2.27. The molecule has 0 saturated carbocycles. The molecule has 0 aromatic carbocycles. The largest absolute Gasteiger partial charge is 0.303 e. The number of hydrogen-bond donors (Lipinski definition) is 0. The average molecular weight is 222 g/mol. The molecule has 3 heteroatoms. The molecule has 1 saturated heterocycles. The quantitative estimate of drug-likeness (QED) is 0.732. The van der Waals surface area contributed by atoms with E-state index in [0.29, 0.717) is 5.78 Å². The number of nitriles is 1. The molecule has 0 amide bonds. The third-order valence-corrected chi connectivity index (χ3v) is 3.44. The zero-order chi connectivity index (χ0) is 12.2. The zero-order valence-electron chi connectivity index (χ0n) is 10.6. The van der Waals surface area contributed by atoms with E-state index < -0.39 is 0 Å². The Balaban J connectivity index is 2.38. The van der Waals surface area contributed by atoms with Gasteiger partial charge in [-0.05, 0) is 53.1 Å². The molecule has 0 aromatic heterocycles. The standard InChI is InChI=1S/C13H22N2O/c1-11(16)12-5-4-7-15(9-12)8-6-13(2,3)10-14/h12H,4-9H2,1-3H3. The van der Waals surface area contributed by atoms with Crippen LogP contribution < -0.4 is 0 Å². The van der Waals surface area contributed by atoms with Crippen LogP contribution in [0.3, 0.4) is 0 Å². The lowest BCUT2D eigenvalue weighted by Crippen LogP contribution is -2.39. The summed E-state index contributed by atoms with van der Waals surface area (Å²) in [5.41, 5.74) is -0.247. The second-order valence-electron chi connectivity index (χ2n) is 5.50. The second-order valence-corrected chi connectivity index (χ2v) is 5.50. The van der Waals surface area contributed by atoms with Crippen molar-refractivity contribution >= 4 is 5.78 Å².